The lowest BCUT2D eigenvalue weighted by Gasteiger charge is -2.38. The molecule has 1 fully saturated rings. The van der Waals surface area contributed by atoms with Crippen molar-refractivity contribution in [1.29, 1.82) is 5.26 Å². The first-order valence-corrected chi connectivity index (χ1v) is 6.93. The summed E-state index contributed by atoms with van der Waals surface area (Å²) in [6.07, 6.45) is 1.00. The minimum atomic E-state index is 0.185. The van der Waals surface area contributed by atoms with Gasteiger partial charge in [0.25, 0.3) is 0 Å². The van der Waals surface area contributed by atoms with Crippen LogP contribution in [0.4, 0.5) is 0 Å². The van der Waals surface area contributed by atoms with Crippen molar-refractivity contribution in [2.75, 3.05) is 0 Å². The van der Waals surface area contributed by atoms with Gasteiger partial charge in [-0.25, -0.2) is 0 Å². The monoisotopic (exact) mass is 245 g/mol. The maximum absolute atomic E-state index is 9.43. The zero-order valence-electron chi connectivity index (χ0n) is 10.7. The average Bonchev–Trinajstić information content (AvgIpc) is 2.80. The maximum Gasteiger partial charge on any atom is 0.0662 e. The molecule has 2 aromatic rings. The molecule has 2 aliphatic rings. The van der Waals surface area contributed by atoms with Gasteiger partial charge < -0.3 is 0 Å². The molecule has 0 amide bonds. The summed E-state index contributed by atoms with van der Waals surface area (Å²) in [4.78, 5) is 0. The third kappa shape index (κ3) is 1.40. The van der Waals surface area contributed by atoms with Crippen LogP contribution in [0.2, 0.25) is 0 Å². The molecule has 0 radical (unpaired) electrons. The molecule has 0 saturated heterocycles. The Kier molecular flexibility index (Phi) is 2.26. The van der Waals surface area contributed by atoms with Crippen molar-refractivity contribution in [1.82, 2.24) is 0 Å². The fourth-order valence-electron chi connectivity index (χ4n) is 4.09. The molecule has 4 atom stereocenters. The molecular weight excluding hydrogens is 230 g/mol. The van der Waals surface area contributed by atoms with Gasteiger partial charge in [-0.05, 0) is 34.9 Å². The van der Waals surface area contributed by atoms with Crippen LogP contribution in [0.1, 0.15) is 40.9 Å². The Morgan fingerprint density at radius 3 is 2.16 bits per heavy atom. The molecule has 19 heavy (non-hydrogen) atoms. The van der Waals surface area contributed by atoms with Gasteiger partial charge >= 0.3 is 0 Å². The molecule has 1 saturated carbocycles. The summed E-state index contributed by atoms with van der Waals surface area (Å²) in [6.45, 7) is 0. The number of nitriles is 1. The maximum atomic E-state index is 9.43. The number of fused-ring (bicyclic) bond motifs is 4. The van der Waals surface area contributed by atoms with Crippen LogP contribution in [0.3, 0.4) is 0 Å². The second kappa shape index (κ2) is 3.96. The summed E-state index contributed by atoms with van der Waals surface area (Å²) >= 11 is 0. The van der Waals surface area contributed by atoms with E-state index in [1.807, 2.05) is 0 Å². The fraction of sp³-hybridized carbons (Fsp3) is 0.278. The first-order valence-electron chi connectivity index (χ1n) is 6.93. The predicted octanol–water partition coefficient (Wildman–Crippen LogP) is 4.19. The highest BCUT2D eigenvalue weighted by atomic mass is 14.6. The molecule has 0 heterocycles. The standard InChI is InChI=1S/C18H15N/c19-11-13-10-16(12-6-2-1-3-7-12)18-15-9-5-4-8-14(15)17(13)18/h1-9,13,16-18H,10H2. The molecular formula is C18H15N. The molecule has 1 nitrogen and oxygen atoms in total. The highest BCUT2D eigenvalue weighted by Gasteiger charge is 2.52. The van der Waals surface area contributed by atoms with E-state index in [1.165, 1.54) is 16.7 Å². The number of benzene rings is 2. The van der Waals surface area contributed by atoms with E-state index in [9.17, 15) is 5.26 Å². The topological polar surface area (TPSA) is 23.8 Å². The molecule has 0 N–H and O–H groups in total. The van der Waals surface area contributed by atoms with Gasteiger partial charge in [-0.15, -0.1) is 0 Å². The van der Waals surface area contributed by atoms with Crippen LogP contribution in [-0.2, 0) is 0 Å². The van der Waals surface area contributed by atoms with Crippen molar-refractivity contribution < 1.29 is 0 Å². The van der Waals surface area contributed by atoms with Crippen LogP contribution in [-0.4, -0.2) is 0 Å². The van der Waals surface area contributed by atoms with Gasteiger partial charge in [0.1, 0.15) is 0 Å². The number of hydrogen-bond acceptors (Lipinski definition) is 1. The van der Waals surface area contributed by atoms with Crippen molar-refractivity contribution in [2.45, 2.75) is 24.2 Å². The van der Waals surface area contributed by atoms with Crippen molar-refractivity contribution in [3.8, 4) is 6.07 Å². The van der Waals surface area contributed by atoms with Gasteiger partial charge in [-0.1, -0.05) is 54.6 Å². The minimum absolute atomic E-state index is 0.185. The lowest BCUT2D eigenvalue weighted by Crippen LogP contribution is -2.25. The van der Waals surface area contributed by atoms with Crippen LogP contribution < -0.4 is 0 Å². The highest BCUT2D eigenvalue weighted by molar-refractivity contribution is 5.51. The van der Waals surface area contributed by atoms with Gasteiger partial charge in [0.15, 0.2) is 0 Å². The Balaban J connectivity index is 1.79. The molecule has 2 aliphatic carbocycles. The summed E-state index contributed by atoms with van der Waals surface area (Å²) in [5, 5.41) is 9.43. The number of hydrogen-bond donors (Lipinski definition) is 0. The third-order valence-corrected chi connectivity index (χ3v) is 4.87. The largest absolute Gasteiger partial charge is 0.198 e. The van der Waals surface area contributed by atoms with Gasteiger partial charge in [0.2, 0.25) is 0 Å². The van der Waals surface area contributed by atoms with E-state index < -0.39 is 0 Å². The fourth-order valence-corrected chi connectivity index (χ4v) is 4.09. The van der Waals surface area contributed by atoms with Crippen molar-refractivity contribution in [3.63, 3.8) is 0 Å². The van der Waals surface area contributed by atoms with Crippen LogP contribution in [0.25, 0.3) is 0 Å². The lowest BCUT2D eigenvalue weighted by atomic mass is 9.64. The van der Waals surface area contributed by atoms with E-state index in [0.717, 1.165) is 6.42 Å². The van der Waals surface area contributed by atoms with Crippen LogP contribution in [0, 0.1) is 17.2 Å². The predicted molar refractivity (Wildman–Crippen MR) is 74.8 cm³/mol. The van der Waals surface area contributed by atoms with E-state index in [-0.39, 0.29) is 5.92 Å². The average molecular weight is 245 g/mol. The molecule has 92 valence electrons. The Morgan fingerprint density at radius 2 is 1.47 bits per heavy atom. The number of nitrogens with zero attached hydrogens (tertiary/aromatic N) is 1. The van der Waals surface area contributed by atoms with Gasteiger partial charge in [0, 0.05) is 5.92 Å². The Morgan fingerprint density at radius 1 is 0.842 bits per heavy atom. The zero-order chi connectivity index (χ0) is 12.8. The Hall–Kier alpha value is -2.07. The van der Waals surface area contributed by atoms with Gasteiger partial charge in [-0.3, -0.25) is 0 Å². The second-order valence-electron chi connectivity index (χ2n) is 5.67. The smallest absolute Gasteiger partial charge is 0.0662 e. The molecule has 0 spiro atoms. The summed E-state index contributed by atoms with van der Waals surface area (Å²) in [5.74, 6) is 1.73. The molecule has 2 aromatic carbocycles. The quantitative estimate of drug-likeness (QED) is 0.738. The second-order valence-corrected chi connectivity index (χ2v) is 5.67. The van der Waals surface area contributed by atoms with Crippen LogP contribution in [0.15, 0.2) is 54.6 Å². The van der Waals surface area contributed by atoms with Gasteiger partial charge in [-0.2, -0.15) is 5.26 Å². The Bertz CT molecular complexity index is 653. The molecule has 1 heteroatoms. The molecule has 4 rings (SSSR count). The Labute approximate surface area is 113 Å². The van der Waals surface area contributed by atoms with E-state index in [0.29, 0.717) is 17.8 Å². The first kappa shape index (κ1) is 10.8. The molecule has 4 unspecified atom stereocenters. The summed E-state index contributed by atoms with van der Waals surface area (Å²) in [6, 6.07) is 21.9. The zero-order valence-corrected chi connectivity index (χ0v) is 10.7. The molecule has 0 aliphatic heterocycles. The lowest BCUT2D eigenvalue weighted by molar-refractivity contribution is 0.475. The minimum Gasteiger partial charge on any atom is -0.198 e. The third-order valence-electron chi connectivity index (χ3n) is 4.87. The molecule has 0 aromatic heterocycles. The van der Waals surface area contributed by atoms with E-state index in [1.54, 1.807) is 0 Å². The van der Waals surface area contributed by atoms with Crippen molar-refractivity contribution >= 4 is 0 Å². The number of rotatable bonds is 1. The summed E-state index contributed by atoms with van der Waals surface area (Å²) in [7, 11) is 0. The summed E-state index contributed by atoms with van der Waals surface area (Å²) in [5.41, 5.74) is 4.28. The highest BCUT2D eigenvalue weighted by Crippen LogP contribution is 2.64. The van der Waals surface area contributed by atoms with E-state index in [4.69, 9.17) is 0 Å². The first-order chi connectivity index (χ1) is 9.40. The SMILES string of the molecule is N#CC1CC(c2ccccc2)C2c3ccccc3C12. The molecule has 0 bridgehead atoms. The van der Waals surface area contributed by atoms with E-state index >= 15 is 0 Å². The van der Waals surface area contributed by atoms with Crippen molar-refractivity contribution in [2.24, 2.45) is 5.92 Å². The normalized spacial score (nSPS) is 30.9. The van der Waals surface area contributed by atoms with Crippen LogP contribution in [0.5, 0.6) is 0 Å². The van der Waals surface area contributed by atoms with Crippen LogP contribution >= 0.6 is 0 Å². The van der Waals surface area contributed by atoms with Gasteiger partial charge in [0.05, 0.1) is 12.0 Å². The summed E-state index contributed by atoms with van der Waals surface area (Å²) < 4.78 is 0. The van der Waals surface area contributed by atoms with Crippen molar-refractivity contribution in [3.05, 3.63) is 71.3 Å². The van der Waals surface area contributed by atoms with E-state index in [2.05, 4.69) is 60.7 Å².